The summed E-state index contributed by atoms with van der Waals surface area (Å²) in [5.74, 6) is 0.516. The quantitative estimate of drug-likeness (QED) is 0.586. The summed E-state index contributed by atoms with van der Waals surface area (Å²) in [6.07, 6.45) is 8.23. The van der Waals surface area contributed by atoms with Crippen molar-refractivity contribution in [3.8, 4) is 11.3 Å². The van der Waals surface area contributed by atoms with Gasteiger partial charge >= 0.3 is 0 Å². The second-order valence-corrected chi connectivity index (χ2v) is 7.95. The van der Waals surface area contributed by atoms with E-state index in [4.69, 9.17) is 9.72 Å². The average molecular weight is 370 g/mol. The van der Waals surface area contributed by atoms with Crippen molar-refractivity contribution in [2.24, 2.45) is 0 Å². The zero-order valence-corrected chi connectivity index (χ0v) is 17.2. The minimum atomic E-state index is 0.447. The first kappa shape index (κ1) is 20.1. The number of rotatable bonds is 9. The van der Waals surface area contributed by atoms with E-state index in [0.29, 0.717) is 12.0 Å². The molecule has 4 heteroatoms. The van der Waals surface area contributed by atoms with Crippen molar-refractivity contribution in [3.63, 3.8) is 0 Å². The maximum atomic E-state index is 6.13. The maximum Gasteiger partial charge on any atom is 0.0956 e. The standard InChI is InChI=1S/C23H35N3O/c1-4-9-19(2)23-22(20-10-6-5-7-11-20)24-18-26(23)14-8-17-27-21-12-15-25(3)16-13-21/h5-7,10-11,18-19,21H,4,8-9,12-17H2,1-3H3/t19-/m0/s1. The molecule has 0 aliphatic carbocycles. The van der Waals surface area contributed by atoms with E-state index in [0.717, 1.165) is 38.4 Å². The lowest BCUT2D eigenvalue weighted by Gasteiger charge is -2.29. The maximum absolute atomic E-state index is 6.13. The molecular formula is C23H35N3O. The summed E-state index contributed by atoms with van der Waals surface area (Å²) in [5.41, 5.74) is 3.74. The largest absolute Gasteiger partial charge is 0.378 e. The van der Waals surface area contributed by atoms with Gasteiger partial charge in [-0.3, -0.25) is 0 Å². The summed E-state index contributed by atoms with van der Waals surface area (Å²) in [6, 6.07) is 10.6. The van der Waals surface area contributed by atoms with Crippen molar-refractivity contribution < 1.29 is 4.74 Å². The molecule has 0 radical (unpaired) electrons. The monoisotopic (exact) mass is 369 g/mol. The molecule has 4 nitrogen and oxygen atoms in total. The summed E-state index contributed by atoms with van der Waals surface area (Å²) in [5, 5.41) is 0. The Morgan fingerprint density at radius 1 is 1.19 bits per heavy atom. The van der Waals surface area contributed by atoms with Crippen LogP contribution in [0.3, 0.4) is 0 Å². The molecule has 0 N–H and O–H groups in total. The third-order valence-corrected chi connectivity index (χ3v) is 5.68. The molecule has 1 aliphatic rings. The molecule has 148 valence electrons. The highest BCUT2D eigenvalue weighted by Gasteiger charge is 2.19. The summed E-state index contributed by atoms with van der Waals surface area (Å²) in [7, 11) is 2.19. The Kier molecular flexibility index (Phi) is 7.48. The van der Waals surface area contributed by atoms with Gasteiger partial charge in [-0.1, -0.05) is 50.6 Å². The Balaban J connectivity index is 1.61. The number of benzene rings is 1. The number of likely N-dealkylation sites (tertiary alicyclic amines) is 1. The van der Waals surface area contributed by atoms with Gasteiger partial charge in [-0.2, -0.15) is 0 Å². The summed E-state index contributed by atoms with van der Waals surface area (Å²) in [6.45, 7) is 8.73. The van der Waals surface area contributed by atoms with Gasteiger partial charge in [0.2, 0.25) is 0 Å². The molecule has 1 aromatic carbocycles. The lowest BCUT2D eigenvalue weighted by atomic mass is 9.97. The molecule has 1 atom stereocenters. The Morgan fingerprint density at radius 2 is 1.93 bits per heavy atom. The van der Waals surface area contributed by atoms with Gasteiger partial charge in [0, 0.05) is 37.5 Å². The van der Waals surface area contributed by atoms with E-state index in [1.54, 1.807) is 0 Å². The molecule has 0 bridgehead atoms. The lowest BCUT2D eigenvalue weighted by molar-refractivity contribution is 0.0102. The van der Waals surface area contributed by atoms with Crippen LogP contribution in [-0.2, 0) is 11.3 Å². The van der Waals surface area contributed by atoms with Crippen molar-refractivity contribution in [1.82, 2.24) is 14.5 Å². The Labute approximate surface area is 164 Å². The van der Waals surface area contributed by atoms with E-state index < -0.39 is 0 Å². The topological polar surface area (TPSA) is 30.3 Å². The molecule has 1 aliphatic heterocycles. The second-order valence-electron chi connectivity index (χ2n) is 7.95. The Morgan fingerprint density at radius 3 is 2.63 bits per heavy atom. The van der Waals surface area contributed by atoms with Gasteiger partial charge in [0.25, 0.3) is 0 Å². The van der Waals surface area contributed by atoms with E-state index in [1.807, 2.05) is 6.33 Å². The predicted octanol–water partition coefficient (Wildman–Crippen LogP) is 4.95. The van der Waals surface area contributed by atoms with Crippen LogP contribution in [0.25, 0.3) is 11.3 Å². The van der Waals surface area contributed by atoms with E-state index in [9.17, 15) is 0 Å². The fourth-order valence-electron chi connectivity index (χ4n) is 4.11. The van der Waals surface area contributed by atoms with Crippen LogP contribution in [0, 0.1) is 0 Å². The molecule has 1 fully saturated rings. The van der Waals surface area contributed by atoms with Crippen LogP contribution in [0.15, 0.2) is 36.7 Å². The van der Waals surface area contributed by atoms with Gasteiger partial charge in [-0.05, 0) is 38.6 Å². The summed E-state index contributed by atoms with van der Waals surface area (Å²) in [4.78, 5) is 7.17. The minimum absolute atomic E-state index is 0.447. The molecule has 0 spiro atoms. The van der Waals surface area contributed by atoms with Gasteiger partial charge < -0.3 is 14.2 Å². The van der Waals surface area contributed by atoms with Crippen LogP contribution in [0.2, 0.25) is 0 Å². The second kappa shape index (κ2) is 10.0. The third kappa shape index (κ3) is 5.43. The molecule has 1 aromatic heterocycles. The lowest BCUT2D eigenvalue weighted by Crippen LogP contribution is -2.34. The number of nitrogens with zero attached hydrogens (tertiary/aromatic N) is 3. The van der Waals surface area contributed by atoms with Crippen LogP contribution < -0.4 is 0 Å². The minimum Gasteiger partial charge on any atom is -0.378 e. The zero-order valence-electron chi connectivity index (χ0n) is 17.2. The molecule has 3 rings (SSSR count). The average Bonchev–Trinajstić information content (AvgIpc) is 3.11. The fourth-order valence-corrected chi connectivity index (χ4v) is 4.11. The highest BCUT2D eigenvalue weighted by Crippen LogP contribution is 2.31. The number of hydrogen-bond acceptors (Lipinski definition) is 3. The van der Waals surface area contributed by atoms with Crippen molar-refractivity contribution in [2.75, 3.05) is 26.7 Å². The van der Waals surface area contributed by atoms with Crippen LogP contribution >= 0.6 is 0 Å². The molecule has 2 aromatic rings. The van der Waals surface area contributed by atoms with Crippen LogP contribution in [0.5, 0.6) is 0 Å². The van der Waals surface area contributed by atoms with Gasteiger partial charge in [0.15, 0.2) is 0 Å². The number of ether oxygens (including phenoxy) is 1. The normalized spacial score (nSPS) is 17.3. The highest BCUT2D eigenvalue weighted by atomic mass is 16.5. The van der Waals surface area contributed by atoms with Crippen molar-refractivity contribution in [3.05, 3.63) is 42.4 Å². The van der Waals surface area contributed by atoms with Crippen molar-refractivity contribution in [2.45, 2.75) is 64.5 Å². The SMILES string of the molecule is CCC[C@H](C)c1c(-c2ccccc2)ncn1CCCOC1CCN(C)CC1. The van der Waals surface area contributed by atoms with Gasteiger partial charge in [0.1, 0.15) is 0 Å². The number of aromatic nitrogens is 2. The van der Waals surface area contributed by atoms with Crippen molar-refractivity contribution in [1.29, 1.82) is 0 Å². The molecule has 27 heavy (non-hydrogen) atoms. The van der Waals surface area contributed by atoms with Crippen LogP contribution in [0.4, 0.5) is 0 Å². The number of hydrogen-bond donors (Lipinski definition) is 0. The van der Waals surface area contributed by atoms with Gasteiger partial charge in [-0.25, -0.2) is 4.98 Å². The first-order chi connectivity index (χ1) is 13.2. The van der Waals surface area contributed by atoms with E-state index >= 15 is 0 Å². The highest BCUT2D eigenvalue weighted by molar-refractivity contribution is 5.62. The fraction of sp³-hybridized carbons (Fsp3) is 0.609. The first-order valence-corrected chi connectivity index (χ1v) is 10.6. The van der Waals surface area contributed by atoms with Crippen molar-refractivity contribution >= 4 is 0 Å². The molecule has 1 saturated heterocycles. The number of imidazole rings is 1. The van der Waals surface area contributed by atoms with E-state index in [1.165, 1.54) is 36.9 Å². The van der Waals surface area contributed by atoms with Gasteiger partial charge in [0.05, 0.1) is 18.1 Å². The molecule has 2 heterocycles. The zero-order chi connectivity index (χ0) is 19.1. The van der Waals surface area contributed by atoms with Crippen LogP contribution in [0.1, 0.15) is 57.6 Å². The molecule has 0 unspecified atom stereocenters. The predicted molar refractivity (Wildman–Crippen MR) is 112 cm³/mol. The number of piperidine rings is 1. The van der Waals surface area contributed by atoms with E-state index in [2.05, 4.69) is 60.7 Å². The Bertz CT molecular complexity index is 674. The molecule has 0 amide bonds. The summed E-state index contributed by atoms with van der Waals surface area (Å²) >= 11 is 0. The van der Waals surface area contributed by atoms with E-state index in [-0.39, 0.29) is 0 Å². The van der Waals surface area contributed by atoms with Crippen LogP contribution in [-0.4, -0.2) is 47.3 Å². The molecule has 0 saturated carbocycles. The first-order valence-electron chi connectivity index (χ1n) is 10.6. The summed E-state index contributed by atoms with van der Waals surface area (Å²) < 4.78 is 8.49. The number of aryl methyl sites for hydroxylation is 1. The Hall–Kier alpha value is -1.65. The smallest absolute Gasteiger partial charge is 0.0956 e. The third-order valence-electron chi connectivity index (χ3n) is 5.68. The molecular weight excluding hydrogens is 334 g/mol. The van der Waals surface area contributed by atoms with Gasteiger partial charge in [-0.15, -0.1) is 0 Å².